The molecular formula is C13H21FN2O3S. The van der Waals surface area contributed by atoms with Gasteiger partial charge in [-0.1, -0.05) is 13.8 Å². The van der Waals surface area contributed by atoms with Gasteiger partial charge in [-0.05, 0) is 37.5 Å². The van der Waals surface area contributed by atoms with E-state index in [1.54, 1.807) is 13.8 Å². The quantitative estimate of drug-likeness (QED) is 0.695. The molecule has 0 fully saturated rings. The monoisotopic (exact) mass is 304 g/mol. The third-order valence-corrected chi connectivity index (χ3v) is 5.03. The Hall–Kier alpha value is -1.18. The summed E-state index contributed by atoms with van der Waals surface area (Å²) in [5, 5.41) is 10.1. The van der Waals surface area contributed by atoms with Crippen molar-refractivity contribution in [2.45, 2.75) is 44.1 Å². The molecule has 0 atom stereocenters. The Morgan fingerprint density at radius 1 is 1.35 bits per heavy atom. The highest BCUT2D eigenvalue weighted by atomic mass is 32.2. The summed E-state index contributed by atoms with van der Waals surface area (Å²) in [5.74, 6) is -0.653. The first-order valence-electron chi connectivity index (χ1n) is 6.43. The summed E-state index contributed by atoms with van der Waals surface area (Å²) in [7, 11) is -3.84. The second-order valence-corrected chi connectivity index (χ2v) is 6.63. The number of nitrogens with one attached hydrogen (secondary N) is 1. The van der Waals surface area contributed by atoms with Crippen molar-refractivity contribution in [2.24, 2.45) is 0 Å². The zero-order valence-corrected chi connectivity index (χ0v) is 12.7. The van der Waals surface area contributed by atoms with Gasteiger partial charge in [-0.15, -0.1) is 0 Å². The molecule has 20 heavy (non-hydrogen) atoms. The largest absolute Gasteiger partial charge is 0.396 e. The van der Waals surface area contributed by atoms with Crippen molar-refractivity contribution in [1.29, 1.82) is 0 Å². The summed E-state index contributed by atoms with van der Waals surface area (Å²) >= 11 is 0. The van der Waals surface area contributed by atoms with Gasteiger partial charge in [0.05, 0.1) is 16.2 Å². The Morgan fingerprint density at radius 2 is 1.90 bits per heavy atom. The van der Waals surface area contributed by atoms with Crippen LogP contribution in [0.3, 0.4) is 0 Å². The molecule has 1 aromatic carbocycles. The average molecular weight is 304 g/mol. The Morgan fingerprint density at radius 3 is 2.40 bits per heavy atom. The molecule has 0 unspecified atom stereocenters. The first-order valence-corrected chi connectivity index (χ1v) is 7.91. The van der Waals surface area contributed by atoms with Gasteiger partial charge in [0.2, 0.25) is 10.0 Å². The number of rotatable bonds is 6. The number of nitrogen functional groups attached to an aromatic ring is 1. The van der Waals surface area contributed by atoms with Crippen LogP contribution in [0.25, 0.3) is 0 Å². The smallest absolute Gasteiger partial charge is 0.241 e. The highest BCUT2D eigenvalue weighted by Crippen LogP contribution is 2.22. The third-order valence-electron chi connectivity index (χ3n) is 3.49. The normalized spacial score (nSPS) is 12.7. The minimum atomic E-state index is -3.84. The summed E-state index contributed by atoms with van der Waals surface area (Å²) in [6.07, 6.45) is 0.854. The number of anilines is 1. The van der Waals surface area contributed by atoms with E-state index in [4.69, 9.17) is 5.73 Å². The van der Waals surface area contributed by atoms with E-state index in [2.05, 4.69) is 4.72 Å². The predicted octanol–water partition coefficient (Wildman–Crippen LogP) is 1.55. The number of nitrogens with two attached hydrogens (primary N) is 1. The van der Waals surface area contributed by atoms with E-state index < -0.39 is 21.4 Å². The summed E-state index contributed by atoms with van der Waals surface area (Å²) in [4.78, 5) is -0.0778. The van der Waals surface area contributed by atoms with Crippen LogP contribution in [-0.4, -0.2) is 25.7 Å². The van der Waals surface area contributed by atoms with E-state index in [9.17, 15) is 17.9 Å². The predicted molar refractivity (Wildman–Crippen MR) is 76.3 cm³/mol. The maximum Gasteiger partial charge on any atom is 0.241 e. The van der Waals surface area contributed by atoms with Gasteiger partial charge >= 0.3 is 0 Å². The first-order chi connectivity index (χ1) is 9.15. The summed E-state index contributed by atoms with van der Waals surface area (Å²) in [6, 6.07) is 2.17. The van der Waals surface area contributed by atoms with Crippen molar-refractivity contribution < 1.29 is 17.9 Å². The minimum Gasteiger partial charge on any atom is -0.396 e. The van der Waals surface area contributed by atoms with Crippen LogP contribution in [0.15, 0.2) is 17.0 Å². The van der Waals surface area contributed by atoms with Gasteiger partial charge in [0, 0.05) is 6.54 Å². The van der Waals surface area contributed by atoms with E-state index in [0.29, 0.717) is 12.8 Å². The molecule has 5 nitrogen and oxygen atoms in total. The van der Waals surface area contributed by atoms with E-state index in [1.807, 2.05) is 0 Å². The second kappa shape index (κ2) is 6.07. The number of aliphatic hydroxyl groups is 1. The van der Waals surface area contributed by atoms with E-state index in [-0.39, 0.29) is 22.7 Å². The molecule has 0 aliphatic rings. The zero-order chi connectivity index (χ0) is 15.6. The fraction of sp³-hybridized carbons (Fsp3) is 0.538. The molecule has 114 valence electrons. The van der Waals surface area contributed by atoms with Crippen molar-refractivity contribution in [1.82, 2.24) is 4.72 Å². The van der Waals surface area contributed by atoms with Crippen molar-refractivity contribution in [3.63, 3.8) is 0 Å². The number of halogens is 1. The maximum atomic E-state index is 13.3. The molecule has 7 heteroatoms. The van der Waals surface area contributed by atoms with Crippen LogP contribution in [0.4, 0.5) is 10.1 Å². The Labute approximate surface area is 119 Å². The maximum absolute atomic E-state index is 13.3. The number of aryl methyl sites for hydroxylation is 1. The van der Waals surface area contributed by atoms with Gasteiger partial charge in [-0.3, -0.25) is 0 Å². The Bertz CT molecular complexity index is 584. The molecular weight excluding hydrogens is 283 g/mol. The lowest BCUT2D eigenvalue weighted by Crippen LogP contribution is -2.42. The molecule has 0 heterocycles. The summed E-state index contributed by atoms with van der Waals surface area (Å²) in [5.41, 5.74) is 4.35. The molecule has 1 rings (SSSR count). The van der Waals surface area contributed by atoms with Gasteiger partial charge in [-0.25, -0.2) is 17.5 Å². The van der Waals surface area contributed by atoms with Gasteiger partial charge < -0.3 is 10.8 Å². The van der Waals surface area contributed by atoms with Gasteiger partial charge in [0.15, 0.2) is 0 Å². The van der Waals surface area contributed by atoms with Crippen molar-refractivity contribution in [3.8, 4) is 0 Å². The van der Waals surface area contributed by atoms with Crippen LogP contribution in [0, 0.1) is 12.7 Å². The minimum absolute atomic E-state index is 0.0778. The molecule has 1 aromatic rings. The second-order valence-electron chi connectivity index (χ2n) is 4.90. The van der Waals surface area contributed by atoms with Crippen molar-refractivity contribution >= 4 is 15.7 Å². The molecule has 0 bridgehead atoms. The van der Waals surface area contributed by atoms with Crippen LogP contribution < -0.4 is 10.5 Å². The molecule has 0 aromatic heterocycles. The number of hydrogen-bond donors (Lipinski definition) is 3. The van der Waals surface area contributed by atoms with Crippen molar-refractivity contribution in [3.05, 3.63) is 23.5 Å². The van der Waals surface area contributed by atoms with E-state index in [0.717, 1.165) is 12.1 Å². The van der Waals surface area contributed by atoms with Crippen LogP contribution in [0.5, 0.6) is 0 Å². The molecule has 0 radical (unpaired) electrons. The van der Waals surface area contributed by atoms with E-state index >= 15 is 0 Å². The van der Waals surface area contributed by atoms with Crippen LogP contribution >= 0.6 is 0 Å². The highest BCUT2D eigenvalue weighted by Gasteiger charge is 2.26. The molecule has 0 aliphatic heterocycles. The third kappa shape index (κ3) is 3.68. The number of benzene rings is 1. The molecule has 0 spiro atoms. The molecule has 0 saturated carbocycles. The zero-order valence-electron chi connectivity index (χ0n) is 11.9. The highest BCUT2D eigenvalue weighted by molar-refractivity contribution is 7.89. The number of hydrogen-bond acceptors (Lipinski definition) is 4. The van der Waals surface area contributed by atoms with Crippen LogP contribution in [-0.2, 0) is 10.0 Å². The first kappa shape index (κ1) is 16.9. The summed E-state index contributed by atoms with van der Waals surface area (Å²) < 4.78 is 40.0. The van der Waals surface area contributed by atoms with Gasteiger partial charge in [-0.2, -0.15) is 0 Å². The number of sulfonamides is 1. The lowest BCUT2D eigenvalue weighted by atomic mass is 9.98. The molecule has 0 aliphatic carbocycles. The lowest BCUT2D eigenvalue weighted by Gasteiger charge is -2.25. The fourth-order valence-electron chi connectivity index (χ4n) is 1.77. The Kier molecular flexibility index (Phi) is 5.12. The molecule has 4 N–H and O–H groups in total. The Balaban J connectivity index is 3.04. The standard InChI is InChI=1S/C13H21FN2O3S/c1-4-13(17,5-2)8-16-20(18,19)12-7-11(15)10(14)6-9(12)3/h6-7,16-17H,4-5,8,15H2,1-3H3. The lowest BCUT2D eigenvalue weighted by molar-refractivity contribution is 0.0377. The van der Waals surface area contributed by atoms with Gasteiger partial charge in [0.1, 0.15) is 5.82 Å². The molecule has 0 amide bonds. The van der Waals surface area contributed by atoms with Crippen LogP contribution in [0.2, 0.25) is 0 Å². The topological polar surface area (TPSA) is 92.4 Å². The van der Waals surface area contributed by atoms with Gasteiger partial charge in [0.25, 0.3) is 0 Å². The average Bonchev–Trinajstić information content (AvgIpc) is 2.40. The van der Waals surface area contributed by atoms with Crippen molar-refractivity contribution in [2.75, 3.05) is 12.3 Å². The van der Waals surface area contributed by atoms with E-state index in [1.165, 1.54) is 6.92 Å². The summed E-state index contributed by atoms with van der Waals surface area (Å²) in [6.45, 7) is 4.94. The SMILES string of the molecule is CCC(O)(CC)CNS(=O)(=O)c1cc(N)c(F)cc1C. The fourth-order valence-corrected chi connectivity index (χ4v) is 3.14. The van der Waals surface area contributed by atoms with Crippen LogP contribution in [0.1, 0.15) is 32.3 Å². The molecule has 0 saturated heterocycles.